The van der Waals surface area contributed by atoms with Crippen LogP contribution in [-0.2, 0) is 29.2 Å². The topological polar surface area (TPSA) is 77.7 Å². The van der Waals surface area contributed by atoms with Gasteiger partial charge in [-0.2, -0.15) is 26.3 Å². The van der Waals surface area contributed by atoms with Crippen LogP contribution in [0.25, 0.3) is 33.7 Å². The lowest BCUT2D eigenvalue weighted by Crippen LogP contribution is -2.09. The largest absolute Gasteiger partial charge is 0.433 e. The molecule has 0 fully saturated rings. The lowest BCUT2D eigenvalue weighted by Gasteiger charge is -2.12. The van der Waals surface area contributed by atoms with Crippen molar-refractivity contribution in [2.75, 3.05) is 5.75 Å². The van der Waals surface area contributed by atoms with Gasteiger partial charge < -0.3 is 4.57 Å². The average Bonchev–Trinajstić information content (AvgIpc) is 3.13. The molecule has 0 bridgehead atoms. The van der Waals surface area contributed by atoms with E-state index in [0.29, 0.717) is 0 Å². The lowest BCUT2D eigenvalue weighted by molar-refractivity contribution is -0.141. The van der Waals surface area contributed by atoms with Crippen molar-refractivity contribution in [1.82, 2.24) is 19.5 Å². The molecule has 3 heterocycles. The van der Waals surface area contributed by atoms with Gasteiger partial charge in [0.15, 0.2) is 15.7 Å². The second-order valence-corrected chi connectivity index (χ2v) is 9.85. The molecule has 6 nitrogen and oxygen atoms in total. The number of rotatable bonds is 4. The highest BCUT2D eigenvalue weighted by molar-refractivity contribution is 7.91. The molecule has 0 aliphatic rings. The van der Waals surface area contributed by atoms with Gasteiger partial charge in [-0.15, -0.1) is 0 Å². The molecule has 0 atom stereocenters. The zero-order chi connectivity index (χ0) is 25.8. The van der Waals surface area contributed by atoms with Gasteiger partial charge in [0.2, 0.25) is 0 Å². The number of aryl methyl sites for hydroxylation is 1. The number of nitrogens with zero attached hydrogens (tertiary/aromatic N) is 4. The Morgan fingerprint density at radius 3 is 2.26 bits per heavy atom. The highest BCUT2D eigenvalue weighted by atomic mass is 32.2. The van der Waals surface area contributed by atoms with E-state index in [1.165, 1.54) is 42.9 Å². The van der Waals surface area contributed by atoms with E-state index < -0.39 is 33.4 Å². The van der Waals surface area contributed by atoms with Gasteiger partial charge in [-0.1, -0.05) is 19.1 Å². The number of aromatic nitrogens is 4. The van der Waals surface area contributed by atoms with Crippen LogP contribution < -0.4 is 0 Å². The van der Waals surface area contributed by atoms with Gasteiger partial charge in [-0.3, -0.25) is 4.98 Å². The molecule has 0 saturated heterocycles. The smallest absolute Gasteiger partial charge is 0.324 e. The molecule has 0 aliphatic heterocycles. The summed E-state index contributed by atoms with van der Waals surface area (Å²) < 4.78 is 106. The van der Waals surface area contributed by atoms with Gasteiger partial charge >= 0.3 is 12.4 Å². The monoisotopic (exact) mass is 514 g/mol. The highest BCUT2D eigenvalue weighted by Crippen LogP contribution is 2.36. The van der Waals surface area contributed by atoms with Crippen LogP contribution in [0.2, 0.25) is 0 Å². The predicted molar refractivity (Wildman–Crippen MR) is 115 cm³/mol. The summed E-state index contributed by atoms with van der Waals surface area (Å²) in [5, 5.41) is 0. The maximum Gasteiger partial charge on any atom is 0.433 e. The molecule has 0 N–H and O–H groups in total. The molecule has 0 unspecified atom stereocenters. The summed E-state index contributed by atoms with van der Waals surface area (Å²) in [5.74, 6) is -0.388. The highest BCUT2D eigenvalue weighted by Gasteiger charge is 2.34. The van der Waals surface area contributed by atoms with Crippen LogP contribution in [0.4, 0.5) is 26.3 Å². The minimum absolute atomic E-state index is 0.0382. The van der Waals surface area contributed by atoms with Crippen molar-refractivity contribution in [2.45, 2.75) is 24.2 Å². The minimum Gasteiger partial charge on any atom is -0.324 e. The molecule has 4 rings (SSSR count). The molecule has 3 aromatic heterocycles. The number of pyridine rings is 2. The van der Waals surface area contributed by atoms with Crippen molar-refractivity contribution in [2.24, 2.45) is 7.05 Å². The third-order valence-electron chi connectivity index (χ3n) is 5.36. The molecule has 0 spiro atoms. The standard InChI is InChI=1S/C22H16F6N4O2S/c1-3-35(33,34)17-8-13(12-5-4-6-14(7-12)21(23,24)25)10-30-19(17)20-31-15-9-18(22(26,27)28)29-11-16(15)32(20)2/h4-11H,3H2,1-2H3. The molecule has 35 heavy (non-hydrogen) atoms. The molecule has 0 amide bonds. The number of imidazole rings is 1. The number of halogens is 6. The van der Waals surface area contributed by atoms with Crippen molar-refractivity contribution in [3.8, 4) is 22.6 Å². The zero-order valence-electron chi connectivity index (χ0n) is 18.1. The third-order valence-corrected chi connectivity index (χ3v) is 7.10. The summed E-state index contributed by atoms with van der Waals surface area (Å²) in [5.41, 5.74) is -1.88. The average molecular weight is 514 g/mol. The van der Waals surface area contributed by atoms with E-state index in [9.17, 15) is 34.8 Å². The number of hydrogen-bond donors (Lipinski definition) is 0. The molecule has 0 saturated carbocycles. The first-order valence-corrected chi connectivity index (χ1v) is 11.7. The first kappa shape index (κ1) is 24.6. The van der Waals surface area contributed by atoms with Gasteiger partial charge in [0, 0.05) is 18.8 Å². The summed E-state index contributed by atoms with van der Waals surface area (Å²) in [6, 6.07) is 6.26. The first-order chi connectivity index (χ1) is 16.2. The second-order valence-electron chi connectivity index (χ2n) is 7.60. The van der Waals surface area contributed by atoms with Crippen molar-refractivity contribution in [3.05, 3.63) is 60.0 Å². The Morgan fingerprint density at radius 1 is 0.914 bits per heavy atom. The Hall–Kier alpha value is -3.48. The summed E-state index contributed by atoms with van der Waals surface area (Å²) in [6.45, 7) is 1.38. The molecule has 4 aromatic rings. The molecule has 184 valence electrons. The van der Waals surface area contributed by atoms with Crippen molar-refractivity contribution in [1.29, 1.82) is 0 Å². The van der Waals surface area contributed by atoms with E-state index in [1.807, 2.05) is 0 Å². The number of fused-ring (bicyclic) bond motifs is 1. The molecule has 1 aromatic carbocycles. The number of hydrogen-bond acceptors (Lipinski definition) is 5. The molecular formula is C22H16F6N4O2S. The van der Waals surface area contributed by atoms with E-state index in [0.717, 1.165) is 24.4 Å². The van der Waals surface area contributed by atoms with Crippen LogP contribution in [-0.4, -0.2) is 33.7 Å². The van der Waals surface area contributed by atoms with Crippen LogP contribution in [0.5, 0.6) is 0 Å². The Kier molecular flexibility index (Phi) is 5.86. The number of alkyl halides is 6. The van der Waals surface area contributed by atoms with Gasteiger partial charge in [-0.05, 0) is 29.8 Å². The fourth-order valence-electron chi connectivity index (χ4n) is 3.49. The van der Waals surface area contributed by atoms with Crippen LogP contribution in [0, 0.1) is 0 Å². The predicted octanol–water partition coefficient (Wildman–Crippen LogP) is 5.53. The maximum absolute atomic E-state index is 13.1. The normalized spacial score (nSPS) is 12.9. The molecule has 0 radical (unpaired) electrons. The minimum atomic E-state index is -4.70. The van der Waals surface area contributed by atoms with Crippen LogP contribution in [0.3, 0.4) is 0 Å². The SMILES string of the molecule is CCS(=O)(=O)c1cc(-c2cccc(C(F)(F)F)c2)cnc1-c1nc2cc(C(F)(F)F)ncc2n1C. The summed E-state index contributed by atoms with van der Waals surface area (Å²) >= 11 is 0. The molecular weight excluding hydrogens is 498 g/mol. The summed E-state index contributed by atoms with van der Waals surface area (Å²) in [7, 11) is -2.50. The number of sulfone groups is 1. The second kappa shape index (κ2) is 8.33. The summed E-state index contributed by atoms with van der Waals surface area (Å²) in [4.78, 5) is 11.4. The summed E-state index contributed by atoms with van der Waals surface area (Å²) in [6.07, 6.45) is -7.14. The fraction of sp³-hybridized carbons (Fsp3) is 0.227. The van der Waals surface area contributed by atoms with Crippen molar-refractivity contribution >= 4 is 20.9 Å². The Labute approximate surface area is 195 Å². The van der Waals surface area contributed by atoms with Crippen LogP contribution in [0.1, 0.15) is 18.2 Å². The molecule has 0 aliphatic carbocycles. The Bertz CT molecular complexity index is 1540. The number of benzene rings is 1. The van der Waals surface area contributed by atoms with Gasteiger partial charge in [0.05, 0.1) is 33.4 Å². The van der Waals surface area contributed by atoms with E-state index >= 15 is 0 Å². The zero-order valence-corrected chi connectivity index (χ0v) is 18.9. The third kappa shape index (κ3) is 4.59. The quantitative estimate of drug-likeness (QED) is 0.335. The van der Waals surface area contributed by atoms with E-state index in [2.05, 4.69) is 15.0 Å². The van der Waals surface area contributed by atoms with Crippen molar-refractivity contribution in [3.63, 3.8) is 0 Å². The first-order valence-electron chi connectivity index (χ1n) is 10.0. The van der Waals surface area contributed by atoms with Gasteiger partial charge in [0.25, 0.3) is 0 Å². The van der Waals surface area contributed by atoms with Crippen LogP contribution >= 0.6 is 0 Å². The van der Waals surface area contributed by atoms with Crippen LogP contribution in [0.15, 0.2) is 53.7 Å². The van der Waals surface area contributed by atoms with Crippen molar-refractivity contribution < 1.29 is 34.8 Å². The maximum atomic E-state index is 13.1. The van der Waals surface area contributed by atoms with E-state index in [1.54, 1.807) is 0 Å². The van der Waals surface area contributed by atoms with E-state index in [-0.39, 0.29) is 44.3 Å². The van der Waals surface area contributed by atoms with Gasteiger partial charge in [-0.25, -0.2) is 18.4 Å². The van der Waals surface area contributed by atoms with Gasteiger partial charge in [0.1, 0.15) is 11.4 Å². The Morgan fingerprint density at radius 2 is 1.63 bits per heavy atom. The van der Waals surface area contributed by atoms with E-state index in [4.69, 9.17) is 0 Å². The molecule has 13 heteroatoms. The Balaban J connectivity index is 1.92. The lowest BCUT2D eigenvalue weighted by atomic mass is 10.0. The fourth-order valence-corrected chi connectivity index (χ4v) is 4.55.